The van der Waals surface area contributed by atoms with E-state index in [4.69, 9.17) is 5.73 Å². The molecule has 4 nitrogen and oxygen atoms in total. The van der Waals surface area contributed by atoms with Gasteiger partial charge in [0.1, 0.15) is 5.82 Å². The van der Waals surface area contributed by atoms with Crippen LogP contribution < -0.4 is 5.73 Å². The van der Waals surface area contributed by atoms with Crippen LogP contribution in [0.1, 0.15) is 25.6 Å². The first kappa shape index (κ1) is 11.6. The third-order valence-electron chi connectivity index (χ3n) is 4.04. The number of likely N-dealkylation sites (N-methyl/N-ethyl adjacent to an activating group) is 1. The van der Waals surface area contributed by atoms with Gasteiger partial charge >= 0.3 is 0 Å². The summed E-state index contributed by atoms with van der Waals surface area (Å²) in [6, 6.07) is 0. The van der Waals surface area contributed by atoms with Crippen molar-refractivity contribution in [1.82, 2.24) is 14.5 Å². The van der Waals surface area contributed by atoms with Gasteiger partial charge in [-0.25, -0.2) is 4.98 Å². The Labute approximate surface area is 97.4 Å². The molecule has 0 spiro atoms. The van der Waals surface area contributed by atoms with E-state index >= 15 is 0 Å². The zero-order valence-electron chi connectivity index (χ0n) is 10.5. The minimum Gasteiger partial charge on any atom is -0.337 e. The molecular formula is C12H22N4. The molecule has 1 atom stereocenters. The summed E-state index contributed by atoms with van der Waals surface area (Å²) < 4.78 is 2.07. The fraction of sp³-hybridized carbons (Fsp3) is 0.750. The first-order valence-corrected chi connectivity index (χ1v) is 5.95. The van der Waals surface area contributed by atoms with Crippen molar-refractivity contribution in [3.8, 4) is 0 Å². The van der Waals surface area contributed by atoms with E-state index < -0.39 is 0 Å². The number of hydrogen-bond donors (Lipinski definition) is 1. The molecule has 0 bridgehead atoms. The Hall–Kier alpha value is -0.870. The smallest absolute Gasteiger partial charge is 0.122 e. The van der Waals surface area contributed by atoms with Gasteiger partial charge in [0.2, 0.25) is 0 Å². The standard InChI is InChI=1S/C12H22N4/c1-12(9-13,10-4-5-10)16(3)8-11-14-6-7-15(11)2/h6-7,10H,4-5,8-9,13H2,1-3H3. The van der Waals surface area contributed by atoms with Crippen LogP contribution in [0.3, 0.4) is 0 Å². The number of rotatable bonds is 5. The molecule has 1 saturated carbocycles. The van der Waals surface area contributed by atoms with Crippen molar-refractivity contribution < 1.29 is 0 Å². The molecule has 0 aliphatic heterocycles. The lowest BCUT2D eigenvalue weighted by Crippen LogP contribution is -2.51. The van der Waals surface area contributed by atoms with Crippen LogP contribution in [-0.4, -0.2) is 33.6 Å². The van der Waals surface area contributed by atoms with E-state index in [-0.39, 0.29) is 5.54 Å². The average molecular weight is 222 g/mol. The van der Waals surface area contributed by atoms with Gasteiger partial charge < -0.3 is 10.3 Å². The molecule has 1 fully saturated rings. The molecule has 16 heavy (non-hydrogen) atoms. The topological polar surface area (TPSA) is 47.1 Å². The highest BCUT2D eigenvalue weighted by Gasteiger charge is 2.43. The Kier molecular flexibility index (Phi) is 3.04. The fourth-order valence-corrected chi connectivity index (χ4v) is 2.28. The van der Waals surface area contributed by atoms with Gasteiger partial charge in [0.15, 0.2) is 0 Å². The predicted molar refractivity (Wildman–Crippen MR) is 64.9 cm³/mol. The molecule has 0 saturated heterocycles. The van der Waals surface area contributed by atoms with Crippen LogP contribution in [-0.2, 0) is 13.6 Å². The maximum Gasteiger partial charge on any atom is 0.122 e. The number of aromatic nitrogens is 2. The van der Waals surface area contributed by atoms with Crippen LogP contribution in [0.15, 0.2) is 12.4 Å². The summed E-state index contributed by atoms with van der Waals surface area (Å²) in [6.07, 6.45) is 6.47. The van der Waals surface area contributed by atoms with Gasteiger partial charge in [-0.1, -0.05) is 0 Å². The summed E-state index contributed by atoms with van der Waals surface area (Å²) in [6.45, 7) is 3.86. The molecule has 1 aromatic rings. The molecule has 0 amide bonds. The van der Waals surface area contributed by atoms with E-state index in [0.29, 0.717) is 0 Å². The van der Waals surface area contributed by atoms with Crippen molar-refractivity contribution in [1.29, 1.82) is 0 Å². The molecule has 90 valence electrons. The Morgan fingerprint density at radius 1 is 1.62 bits per heavy atom. The molecule has 1 unspecified atom stereocenters. The Bertz CT molecular complexity index is 356. The van der Waals surface area contributed by atoms with Crippen LogP contribution in [0.5, 0.6) is 0 Å². The molecule has 0 radical (unpaired) electrons. The second-order valence-electron chi connectivity index (χ2n) is 5.15. The molecule has 4 heteroatoms. The SMILES string of the molecule is CN(Cc1nccn1C)C(C)(CN)C1CC1. The lowest BCUT2D eigenvalue weighted by molar-refractivity contribution is 0.109. The summed E-state index contributed by atoms with van der Waals surface area (Å²) in [5.41, 5.74) is 6.08. The summed E-state index contributed by atoms with van der Waals surface area (Å²) in [4.78, 5) is 6.72. The number of nitrogens with two attached hydrogens (primary N) is 1. The van der Waals surface area contributed by atoms with Crippen molar-refractivity contribution >= 4 is 0 Å². The fourth-order valence-electron chi connectivity index (χ4n) is 2.28. The van der Waals surface area contributed by atoms with E-state index in [0.717, 1.165) is 24.8 Å². The lowest BCUT2D eigenvalue weighted by atomic mass is 9.94. The quantitative estimate of drug-likeness (QED) is 0.808. The van der Waals surface area contributed by atoms with Gasteiger partial charge in [0.05, 0.1) is 6.54 Å². The van der Waals surface area contributed by atoms with Crippen molar-refractivity contribution in [2.75, 3.05) is 13.6 Å². The highest BCUT2D eigenvalue weighted by Crippen LogP contribution is 2.42. The molecule has 1 aliphatic rings. The van der Waals surface area contributed by atoms with E-state index in [1.165, 1.54) is 12.8 Å². The molecule has 2 N–H and O–H groups in total. The van der Waals surface area contributed by atoms with Gasteiger partial charge in [-0.15, -0.1) is 0 Å². The highest BCUT2D eigenvalue weighted by atomic mass is 15.2. The second kappa shape index (κ2) is 4.18. The highest BCUT2D eigenvalue weighted by molar-refractivity contribution is 5.01. The summed E-state index contributed by atoms with van der Waals surface area (Å²) >= 11 is 0. The molecular weight excluding hydrogens is 200 g/mol. The van der Waals surface area contributed by atoms with Gasteiger partial charge in [0, 0.05) is 31.5 Å². The first-order valence-electron chi connectivity index (χ1n) is 5.95. The van der Waals surface area contributed by atoms with Crippen molar-refractivity contribution in [2.24, 2.45) is 18.7 Å². The minimum atomic E-state index is 0.131. The van der Waals surface area contributed by atoms with E-state index in [2.05, 4.69) is 28.4 Å². The van der Waals surface area contributed by atoms with Gasteiger partial charge in [-0.2, -0.15) is 0 Å². The van der Waals surface area contributed by atoms with Gasteiger partial charge in [-0.05, 0) is 32.7 Å². The summed E-state index contributed by atoms with van der Waals surface area (Å²) in [7, 11) is 4.19. The number of aryl methyl sites for hydroxylation is 1. The Morgan fingerprint density at radius 2 is 2.31 bits per heavy atom. The lowest BCUT2D eigenvalue weighted by Gasteiger charge is -2.38. The third-order valence-corrected chi connectivity index (χ3v) is 4.04. The summed E-state index contributed by atoms with van der Waals surface area (Å²) in [5, 5.41) is 0. The van der Waals surface area contributed by atoms with Gasteiger partial charge in [0.25, 0.3) is 0 Å². The molecule has 1 heterocycles. The molecule has 0 aromatic carbocycles. The van der Waals surface area contributed by atoms with Crippen LogP contribution in [0.2, 0.25) is 0 Å². The number of imidazole rings is 1. The largest absolute Gasteiger partial charge is 0.337 e. The van der Waals surface area contributed by atoms with Gasteiger partial charge in [-0.3, -0.25) is 4.90 Å². The normalized spacial score (nSPS) is 20.1. The maximum atomic E-state index is 5.95. The monoisotopic (exact) mass is 222 g/mol. The van der Waals surface area contributed by atoms with E-state index in [9.17, 15) is 0 Å². The Balaban J connectivity index is 2.06. The van der Waals surface area contributed by atoms with E-state index in [1.54, 1.807) is 0 Å². The molecule has 1 aliphatic carbocycles. The van der Waals surface area contributed by atoms with Crippen molar-refractivity contribution in [3.63, 3.8) is 0 Å². The van der Waals surface area contributed by atoms with Crippen LogP contribution in [0.4, 0.5) is 0 Å². The molecule has 1 aromatic heterocycles. The van der Waals surface area contributed by atoms with Crippen LogP contribution >= 0.6 is 0 Å². The Morgan fingerprint density at radius 3 is 2.75 bits per heavy atom. The first-order chi connectivity index (χ1) is 7.58. The second-order valence-corrected chi connectivity index (χ2v) is 5.15. The van der Waals surface area contributed by atoms with Crippen molar-refractivity contribution in [2.45, 2.75) is 31.8 Å². The predicted octanol–water partition coefficient (Wildman–Crippen LogP) is 0.979. The third kappa shape index (κ3) is 1.99. The summed E-state index contributed by atoms with van der Waals surface area (Å²) in [5.74, 6) is 1.87. The van der Waals surface area contributed by atoms with Crippen LogP contribution in [0.25, 0.3) is 0 Å². The zero-order chi connectivity index (χ0) is 11.8. The maximum absolute atomic E-state index is 5.95. The molecule has 2 rings (SSSR count). The van der Waals surface area contributed by atoms with E-state index in [1.807, 2.05) is 19.4 Å². The van der Waals surface area contributed by atoms with Crippen LogP contribution in [0, 0.1) is 5.92 Å². The number of hydrogen-bond acceptors (Lipinski definition) is 3. The number of nitrogens with zero attached hydrogens (tertiary/aromatic N) is 3. The average Bonchev–Trinajstić information content (AvgIpc) is 3.05. The zero-order valence-corrected chi connectivity index (χ0v) is 10.5. The minimum absolute atomic E-state index is 0.131. The van der Waals surface area contributed by atoms with Crippen molar-refractivity contribution in [3.05, 3.63) is 18.2 Å².